The summed E-state index contributed by atoms with van der Waals surface area (Å²) in [7, 11) is -3.77. The van der Waals surface area contributed by atoms with Gasteiger partial charge >= 0.3 is 0 Å². The summed E-state index contributed by atoms with van der Waals surface area (Å²) >= 11 is 0. The molecule has 0 fully saturated rings. The molecule has 4 nitrogen and oxygen atoms in total. The summed E-state index contributed by atoms with van der Waals surface area (Å²) in [6.45, 7) is 5.36. The standard InChI is InChI=1S/C12H19FN2O2S/c1-3-6-14-7-8-15-18(16,17)12-9-10(2)4-5-11(12)13/h4-5,9,14-15H,3,6-8H2,1-2H3. The van der Waals surface area contributed by atoms with Crippen molar-refractivity contribution in [2.75, 3.05) is 19.6 Å². The van der Waals surface area contributed by atoms with Gasteiger partial charge in [-0.25, -0.2) is 17.5 Å². The SMILES string of the molecule is CCCNCCNS(=O)(=O)c1cc(C)ccc1F. The molecule has 6 heteroatoms. The summed E-state index contributed by atoms with van der Waals surface area (Å²) in [6.07, 6.45) is 0.985. The van der Waals surface area contributed by atoms with Crippen LogP contribution in [0.4, 0.5) is 4.39 Å². The topological polar surface area (TPSA) is 58.2 Å². The molecule has 1 aromatic rings. The van der Waals surface area contributed by atoms with E-state index in [1.807, 2.05) is 6.92 Å². The van der Waals surface area contributed by atoms with Crippen LogP contribution in [0.1, 0.15) is 18.9 Å². The number of aryl methyl sites for hydroxylation is 1. The fraction of sp³-hybridized carbons (Fsp3) is 0.500. The number of sulfonamides is 1. The Morgan fingerprint density at radius 1 is 1.22 bits per heavy atom. The van der Waals surface area contributed by atoms with Gasteiger partial charge in [0.25, 0.3) is 0 Å². The first-order valence-electron chi connectivity index (χ1n) is 5.94. The van der Waals surface area contributed by atoms with Gasteiger partial charge < -0.3 is 5.32 Å². The Kier molecular flexibility index (Phi) is 5.71. The lowest BCUT2D eigenvalue weighted by Gasteiger charge is -2.08. The second kappa shape index (κ2) is 6.82. The van der Waals surface area contributed by atoms with E-state index in [-0.39, 0.29) is 11.4 Å². The monoisotopic (exact) mass is 274 g/mol. The van der Waals surface area contributed by atoms with Gasteiger partial charge in [-0.3, -0.25) is 0 Å². The van der Waals surface area contributed by atoms with E-state index in [9.17, 15) is 12.8 Å². The largest absolute Gasteiger partial charge is 0.315 e. The molecule has 0 saturated heterocycles. The van der Waals surface area contributed by atoms with Crippen LogP contribution in [0.15, 0.2) is 23.1 Å². The zero-order valence-electron chi connectivity index (χ0n) is 10.7. The van der Waals surface area contributed by atoms with E-state index in [1.165, 1.54) is 18.2 Å². The Balaban J connectivity index is 2.66. The summed E-state index contributed by atoms with van der Waals surface area (Å²) in [5.41, 5.74) is 0.709. The molecule has 18 heavy (non-hydrogen) atoms. The van der Waals surface area contributed by atoms with E-state index < -0.39 is 15.8 Å². The Morgan fingerprint density at radius 2 is 1.94 bits per heavy atom. The predicted molar refractivity (Wildman–Crippen MR) is 69.5 cm³/mol. The van der Waals surface area contributed by atoms with Gasteiger partial charge in [-0.1, -0.05) is 13.0 Å². The molecular formula is C12H19FN2O2S. The molecule has 1 aromatic carbocycles. The second-order valence-electron chi connectivity index (χ2n) is 4.08. The summed E-state index contributed by atoms with van der Waals surface area (Å²) in [4.78, 5) is -0.294. The molecule has 2 N–H and O–H groups in total. The van der Waals surface area contributed by atoms with Crippen LogP contribution in [0, 0.1) is 12.7 Å². The van der Waals surface area contributed by atoms with Crippen molar-refractivity contribution in [2.24, 2.45) is 0 Å². The molecule has 102 valence electrons. The van der Waals surface area contributed by atoms with Gasteiger partial charge in [-0.2, -0.15) is 0 Å². The van der Waals surface area contributed by atoms with Gasteiger partial charge in [-0.05, 0) is 37.6 Å². The number of nitrogens with one attached hydrogen (secondary N) is 2. The van der Waals surface area contributed by atoms with Gasteiger partial charge in [0.1, 0.15) is 10.7 Å². The first-order valence-corrected chi connectivity index (χ1v) is 7.42. The highest BCUT2D eigenvalue weighted by Crippen LogP contribution is 2.15. The first kappa shape index (κ1) is 15.1. The van der Waals surface area contributed by atoms with E-state index in [2.05, 4.69) is 10.0 Å². The third kappa shape index (κ3) is 4.36. The lowest BCUT2D eigenvalue weighted by molar-refractivity contribution is 0.553. The quantitative estimate of drug-likeness (QED) is 0.739. The molecule has 0 spiro atoms. The number of hydrogen-bond acceptors (Lipinski definition) is 3. The van der Waals surface area contributed by atoms with Crippen molar-refractivity contribution >= 4 is 10.0 Å². The van der Waals surface area contributed by atoms with Crippen molar-refractivity contribution in [3.05, 3.63) is 29.6 Å². The van der Waals surface area contributed by atoms with E-state index in [1.54, 1.807) is 6.92 Å². The summed E-state index contributed by atoms with van der Waals surface area (Å²) in [6, 6.07) is 4.04. The highest BCUT2D eigenvalue weighted by molar-refractivity contribution is 7.89. The third-order valence-electron chi connectivity index (χ3n) is 2.40. The molecule has 0 aliphatic rings. The van der Waals surface area contributed by atoms with Crippen LogP contribution in [0.5, 0.6) is 0 Å². The zero-order valence-corrected chi connectivity index (χ0v) is 11.5. The van der Waals surface area contributed by atoms with E-state index in [0.717, 1.165) is 13.0 Å². The van der Waals surface area contributed by atoms with Gasteiger partial charge in [0, 0.05) is 13.1 Å². The van der Waals surface area contributed by atoms with E-state index >= 15 is 0 Å². The predicted octanol–water partition coefficient (Wildman–Crippen LogP) is 1.41. The van der Waals surface area contributed by atoms with Crippen molar-refractivity contribution in [1.29, 1.82) is 0 Å². The molecule has 0 unspecified atom stereocenters. The Morgan fingerprint density at radius 3 is 2.61 bits per heavy atom. The molecule has 0 aromatic heterocycles. The van der Waals surface area contributed by atoms with Gasteiger partial charge in [0.15, 0.2) is 0 Å². The van der Waals surface area contributed by atoms with Crippen LogP contribution in [0.25, 0.3) is 0 Å². The lowest BCUT2D eigenvalue weighted by atomic mass is 10.2. The molecule has 0 bridgehead atoms. The highest BCUT2D eigenvalue weighted by atomic mass is 32.2. The number of rotatable bonds is 7. The maximum Gasteiger partial charge on any atom is 0.243 e. The second-order valence-corrected chi connectivity index (χ2v) is 5.82. The summed E-state index contributed by atoms with van der Waals surface area (Å²) < 4.78 is 39.6. The molecule has 1 rings (SSSR count). The third-order valence-corrected chi connectivity index (χ3v) is 3.87. The zero-order chi connectivity index (χ0) is 13.6. The highest BCUT2D eigenvalue weighted by Gasteiger charge is 2.18. The molecule has 0 saturated carbocycles. The molecule has 0 amide bonds. The average Bonchev–Trinajstić information content (AvgIpc) is 2.32. The fourth-order valence-corrected chi connectivity index (χ4v) is 2.66. The van der Waals surface area contributed by atoms with Crippen LogP contribution in [0.2, 0.25) is 0 Å². The summed E-state index contributed by atoms with van der Waals surface area (Å²) in [5, 5.41) is 3.06. The number of halogens is 1. The number of hydrogen-bond donors (Lipinski definition) is 2. The average molecular weight is 274 g/mol. The minimum Gasteiger partial charge on any atom is -0.315 e. The van der Waals surface area contributed by atoms with E-state index in [4.69, 9.17) is 0 Å². The minimum absolute atomic E-state index is 0.246. The summed E-state index contributed by atoms with van der Waals surface area (Å²) in [5.74, 6) is -0.727. The van der Waals surface area contributed by atoms with Crippen molar-refractivity contribution in [2.45, 2.75) is 25.2 Å². The maximum atomic E-state index is 13.5. The Hall–Kier alpha value is -0.980. The fourth-order valence-electron chi connectivity index (χ4n) is 1.47. The first-order chi connectivity index (χ1) is 8.47. The van der Waals surface area contributed by atoms with Crippen LogP contribution in [-0.4, -0.2) is 28.1 Å². The van der Waals surface area contributed by atoms with Gasteiger partial charge in [0.2, 0.25) is 10.0 Å². The molecule has 0 heterocycles. The van der Waals surface area contributed by atoms with Gasteiger partial charge in [0.05, 0.1) is 0 Å². The molecule has 0 atom stereocenters. The molecule has 0 aliphatic heterocycles. The van der Waals surface area contributed by atoms with Crippen LogP contribution in [0.3, 0.4) is 0 Å². The molecular weight excluding hydrogens is 255 g/mol. The molecule has 0 radical (unpaired) electrons. The van der Waals surface area contributed by atoms with E-state index in [0.29, 0.717) is 12.1 Å². The smallest absolute Gasteiger partial charge is 0.243 e. The van der Waals surface area contributed by atoms with Crippen molar-refractivity contribution in [3.8, 4) is 0 Å². The van der Waals surface area contributed by atoms with Crippen molar-refractivity contribution in [1.82, 2.24) is 10.0 Å². The lowest BCUT2D eigenvalue weighted by Crippen LogP contribution is -2.32. The van der Waals surface area contributed by atoms with Crippen LogP contribution < -0.4 is 10.0 Å². The molecule has 0 aliphatic carbocycles. The minimum atomic E-state index is -3.77. The Labute approximate surface area is 108 Å². The number of benzene rings is 1. The van der Waals surface area contributed by atoms with Crippen LogP contribution in [-0.2, 0) is 10.0 Å². The van der Waals surface area contributed by atoms with Crippen molar-refractivity contribution < 1.29 is 12.8 Å². The maximum absolute atomic E-state index is 13.5. The van der Waals surface area contributed by atoms with Crippen molar-refractivity contribution in [3.63, 3.8) is 0 Å². The Bertz CT molecular complexity index is 489. The van der Waals surface area contributed by atoms with Crippen LogP contribution >= 0.6 is 0 Å². The van der Waals surface area contributed by atoms with Gasteiger partial charge in [-0.15, -0.1) is 0 Å². The normalized spacial score (nSPS) is 11.7.